The SMILES string of the molecule is OC1(c2cc(F)cc(C(F)(F)F)c2)CC2COCC(C1)N2Cc1ccccc1. The minimum absolute atomic E-state index is 0.0175. The fourth-order valence-corrected chi connectivity index (χ4v) is 4.36. The number of rotatable bonds is 3. The van der Waals surface area contributed by atoms with Crippen molar-refractivity contribution in [2.75, 3.05) is 13.2 Å². The Morgan fingerprint density at radius 3 is 2.29 bits per heavy atom. The fraction of sp³-hybridized carbons (Fsp3) is 0.429. The minimum Gasteiger partial charge on any atom is -0.385 e. The maximum Gasteiger partial charge on any atom is 0.416 e. The van der Waals surface area contributed by atoms with Gasteiger partial charge in [0.15, 0.2) is 0 Å². The van der Waals surface area contributed by atoms with Crippen LogP contribution in [0.5, 0.6) is 0 Å². The van der Waals surface area contributed by atoms with E-state index >= 15 is 0 Å². The van der Waals surface area contributed by atoms with Crippen molar-refractivity contribution in [3.05, 3.63) is 71.0 Å². The number of ether oxygens (including phenoxy) is 1. The zero-order chi connectivity index (χ0) is 19.9. The molecule has 2 saturated heterocycles. The maximum atomic E-state index is 13.9. The van der Waals surface area contributed by atoms with Crippen LogP contribution in [0.1, 0.15) is 29.5 Å². The first-order valence-electron chi connectivity index (χ1n) is 9.23. The summed E-state index contributed by atoms with van der Waals surface area (Å²) in [4.78, 5) is 2.23. The molecule has 3 nitrogen and oxygen atoms in total. The van der Waals surface area contributed by atoms with Crippen molar-refractivity contribution in [3.63, 3.8) is 0 Å². The number of piperidine rings is 1. The van der Waals surface area contributed by atoms with Gasteiger partial charge in [-0.05, 0) is 42.2 Å². The predicted octanol–water partition coefficient (Wildman–Crippen LogP) is 4.10. The van der Waals surface area contributed by atoms with Gasteiger partial charge in [0.05, 0.1) is 24.4 Å². The highest BCUT2D eigenvalue weighted by molar-refractivity contribution is 5.32. The lowest BCUT2D eigenvalue weighted by Gasteiger charge is -2.52. The Kier molecular flexibility index (Phi) is 4.93. The number of aliphatic hydroxyl groups is 1. The normalized spacial score (nSPS) is 28.3. The van der Waals surface area contributed by atoms with Crippen molar-refractivity contribution >= 4 is 0 Å². The van der Waals surface area contributed by atoms with E-state index in [2.05, 4.69) is 4.90 Å². The number of nitrogens with zero attached hydrogens (tertiary/aromatic N) is 1. The summed E-state index contributed by atoms with van der Waals surface area (Å²) in [6.45, 7) is 1.44. The lowest BCUT2D eigenvalue weighted by atomic mass is 9.76. The van der Waals surface area contributed by atoms with Crippen molar-refractivity contribution in [1.29, 1.82) is 0 Å². The van der Waals surface area contributed by atoms with E-state index < -0.39 is 23.2 Å². The Balaban J connectivity index is 1.62. The summed E-state index contributed by atoms with van der Waals surface area (Å²) in [6.07, 6.45) is -4.28. The molecule has 2 bridgehead atoms. The van der Waals surface area contributed by atoms with Gasteiger partial charge in [0.25, 0.3) is 0 Å². The summed E-state index contributed by atoms with van der Waals surface area (Å²) in [5, 5.41) is 11.2. The van der Waals surface area contributed by atoms with E-state index in [1.54, 1.807) is 0 Å². The highest BCUT2D eigenvalue weighted by Crippen LogP contribution is 2.43. The Morgan fingerprint density at radius 1 is 1.04 bits per heavy atom. The van der Waals surface area contributed by atoms with Gasteiger partial charge in [-0.15, -0.1) is 0 Å². The van der Waals surface area contributed by atoms with E-state index in [1.807, 2.05) is 30.3 Å². The molecule has 2 aliphatic heterocycles. The Morgan fingerprint density at radius 2 is 1.68 bits per heavy atom. The molecule has 1 N–H and O–H groups in total. The Hall–Kier alpha value is -1.96. The van der Waals surface area contributed by atoms with Gasteiger partial charge in [-0.25, -0.2) is 4.39 Å². The van der Waals surface area contributed by atoms with Crippen LogP contribution in [0.2, 0.25) is 0 Å². The number of alkyl halides is 3. The second kappa shape index (κ2) is 7.13. The third-order valence-electron chi connectivity index (χ3n) is 5.68. The first-order valence-corrected chi connectivity index (χ1v) is 9.23. The van der Waals surface area contributed by atoms with Gasteiger partial charge in [0, 0.05) is 18.6 Å². The molecule has 0 saturated carbocycles. The number of fused-ring (bicyclic) bond motifs is 2. The monoisotopic (exact) mass is 395 g/mol. The quantitative estimate of drug-likeness (QED) is 0.795. The largest absolute Gasteiger partial charge is 0.416 e. The molecule has 2 aromatic rings. The number of hydrogen-bond donors (Lipinski definition) is 1. The maximum absolute atomic E-state index is 13.9. The van der Waals surface area contributed by atoms with E-state index in [-0.39, 0.29) is 30.5 Å². The third kappa shape index (κ3) is 3.79. The standard InChI is InChI=1S/C21H21F4NO2/c22-17-7-15(6-16(8-17)21(23,24)25)20(27)9-18-12-28-13-19(10-20)26(18)11-14-4-2-1-3-5-14/h1-8,18-19,27H,9-13H2. The van der Waals surface area contributed by atoms with Gasteiger partial charge in [0.1, 0.15) is 5.82 Å². The molecule has 0 radical (unpaired) electrons. The van der Waals surface area contributed by atoms with Crippen molar-refractivity contribution in [2.45, 2.75) is 43.2 Å². The van der Waals surface area contributed by atoms with Crippen LogP contribution >= 0.6 is 0 Å². The van der Waals surface area contributed by atoms with E-state index in [0.717, 1.165) is 17.7 Å². The average molecular weight is 395 g/mol. The molecule has 2 fully saturated rings. The third-order valence-corrected chi connectivity index (χ3v) is 5.68. The van der Waals surface area contributed by atoms with Gasteiger partial charge in [-0.3, -0.25) is 4.90 Å². The highest BCUT2D eigenvalue weighted by atomic mass is 19.4. The molecule has 2 heterocycles. The molecule has 2 aliphatic rings. The van der Waals surface area contributed by atoms with E-state index in [1.165, 1.54) is 0 Å². The molecule has 0 amide bonds. The van der Waals surface area contributed by atoms with Crippen LogP contribution in [0, 0.1) is 5.82 Å². The molecule has 7 heteroatoms. The molecule has 2 atom stereocenters. The van der Waals surface area contributed by atoms with Crippen LogP contribution in [0.4, 0.5) is 17.6 Å². The average Bonchev–Trinajstić information content (AvgIpc) is 2.62. The fourth-order valence-electron chi connectivity index (χ4n) is 4.36. The summed E-state index contributed by atoms with van der Waals surface area (Å²) in [5.74, 6) is -0.994. The van der Waals surface area contributed by atoms with E-state index in [9.17, 15) is 22.7 Å². The predicted molar refractivity (Wildman–Crippen MR) is 94.9 cm³/mol. The summed E-state index contributed by atoms with van der Waals surface area (Å²) < 4.78 is 58.8. The van der Waals surface area contributed by atoms with E-state index in [4.69, 9.17) is 4.74 Å². The summed E-state index contributed by atoms with van der Waals surface area (Å²) >= 11 is 0. The molecular formula is C21H21F4NO2. The highest BCUT2D eigenvalue weighted by Gasteiger charge is 2.47. The molecule has 28 heavy (non-hydrogen) atoms. The van der Waals surface area contributed by atoms with Gasteiger partial charge in [-0.2, -0.15) is 13.2 Å². The summed E-state index contributed by atoms with van der Waals surface area (Å²) in [6, 6.07) is 11.9. The molecule has 0 spiro atoms. The van der Waals surface area contributed by atoms with Gasteiger partial charge in [-0.1, -0.05) is 30.3 Å². The molecular weight excluding hydrogens is 374 g/mol. The van der Waals surface area contributed by atoms with Crippen molar-refractivity contribution in [3.8, 4) is 0 Å². The minimum atomic E-state index is -4.67. The Bertz CT molecular complexity index is 826. The summed E-state index contributed by atoms with van der Waals surface area (Å²) in [7, 11) is 0. The lowest BCUT2D eigenvalue weighted by Crippen LogP contribution is -2.60. The van der Waals surface area contributed by atoms with Crippen LogP contribution in [0.25, 0.3) is 0 Å². The topological polar surface area (TPSA) is 32.7 Å². The first kappa shape index (κ1) is 19.4. The van der Waals surface area contributed by atoms with Crippen molar-refractivity contribution < 1.29 is 27.4 Å². The summed E-state index contributed by atoms with van der Waals surface area (Å²) in [5.41, 5.74) is -1.50. The lowest BCUT2D eigenvalue weighted by molar-refractivity contribution is -0.150. The van der Waals surface area contributed by atoms with Crippen LogP contribution in [0.15, 0.2) is 48.5 Å². The van der Waals surface area contributed by atoms with Crippen molar-refractivity contribution in [1.82, 2.24) is 4.90 Å². The first-order chi connectivity index (χ1) is 13.2. The van der Waals surface area contributed by atoms with Gasteiger partial charge >= 0.3 is 6.18 Å². The molecule has 2 unspecified atom stereocenters. The van der Waals surface area contributed by atoms with Crippen LogP contribution in [-0.2, 0) is 23.1 Å². The van der Waals surface area contributed by atoms with Crippen LogP contribution < -0.4 is 0 Å². The van der Waals surface area contributed by atoms with E-state index in [0.29, 0.717) is 25.8 Å². The molecule has 2 aromatic carbocycles. The molecule has 0 aromatic heterocycles. The van der Waals surface area contributed by atoms with Crippen molar-refractivity contribution in [2.24, 2.45) is 0 Å². The van der Waals surface area contributed by atoms with Crippen LogP contribution in [0.3, 0.4) is 0 Å². The second-order valence-corrected chi connectivity index (χ2v) is 7.67. The number of halogens is 4. The number of hydrogen-bond acceptors (Lipinski definition) is 3. The molecule has 4 rings (SSSR count). The van der Waals surface area contributed by atoms with Gasteiger partial charge < -0.3 is 9.84 Å². The molecule has 150 valence electrons. The number of benzene rings is 2. The van der Waals surface area contributed by atoms with Crippen LogP contribution in [-0.4, -0.2) is 35.3 Å². The zero-order valence-electron chi connectivity index (χ0n) is 15.1. The second-order valence-electron chi connectivity index (χ2n) is 7.67. The zero-order valence-corrected chi connectivity index (χ0v) is 15.1. The Labute approximate surface area is 160 Å². The number of morpholine rings is 1. The molecule has 0 aliphatic carbocycles. The smallest absolute Gasteiger partial charge is 0.385 e. The van der Waals surface area contributed by atoms with Gasteiger partial charge in [0.2, 0.25) is 0 Å².